The Labute approximate surface area is 464 Å². The number of benzene rings is 5. The number of aliphatic imine (C=N–C) groups is 2. The maximum absolute atomic E-state index is 10.8. The molecule has 77 heavy (non-hydrogen) atoms. The maximum atomic E-state index is 10.8. The Balaban J connectivity index is 0.000000914. The number of thiocarbonyl (C=S) groups is 1. The summed E-state index contributed by atoms with van der Waals surface area (Å²) < 4.78 is 0. The van der Waals surface area contributed by atoms with Crippen LogP contribution in [0.5, 0.6) is 34.5 Å². The molecule has 19 N–H and O–H groups in total. The van der Waals surface area contributed by atoms with Crippen LogP contribution in [0.4, 0.5) is 17.1 Å². The monoisotopic (exact) mass is 1220 g/mol. The molecule has 0 bridgehead atoms. The molecule has 1 aliphatic rings. The van der Waals surface area contributed by atoms with Crippen LogP contribution in [0.15, 0.2) is 101 Å². The zero-order valence-electron chi connectivity index (χ0n) is 41.9. The highest BCUT2D eigenvalue weighted by atomic mass is 127. The average molecular weight is 1230 g/mol. The number of halogens is 1. The fraction of sp³-hybridized carbons (Fsp3) is 0.240. The van der Waals surface area contributed by atoms with Crippen LogP contribution in [0.1, 0.15) is 84.5 Å². The Morgan fingerprint density at radius 1 is 0.688 bits per heavy atom. The summed E-state index contributed by atoms with van der Waals surface area (Å²) in [5.41, 5.74) is 12.1. The summed E-state index contributed by atoms with van der Waals surface area (Å²) in [4.78, 5) is 63.7. The van der Waals surface area contributed by atoms with Crippen LogP contribution in [-0.4, -0.2) is 155 Å². The molecule has 0 spiro atoms. The third-order valence-corrected chi connectivity index (χ3v) is 9.71. The van der Waals surface area contributed by atoms with Gasteiger partial charge in [0.15, 0.2) is 5.96 Å². The van der Waals surface area contributed by atoms with E-state index in [-0.39, 0.29) is 80.7 Å². The van der Waals surface area contributed by atoms with E-state index in [0.717, 1.165) is 52.2 Å². The number of hydrogen-bond acceptors (Lipinski definition) is 21. The number of phenolic OH excluding ortho intramolecular Hbond substituents is 6. The molecule has 0 radical (unpaired) electrons. The van der Waals surface area contributed by atoms with Gasteiger partial charge in [-0.2, -0.15) is 0 Å². The molecule has 0 aromatic heterocycles. The number of nitrogens with one attached hydrogen (secondary N) is 2. The lowest BCUT2D eigenvalue weighted by Gasteiger charge is -2.20. The van der Waals surface area contributed by atoms with Crippen LogP contribution in [0.3, 0.4) is 0 Å². The summed E-state index contributed by atoms with van der Waals surface area (Å²) in [5, 5.41) is 122. The number of alkyl halides is 1. The number of rotatable bonds is 11. The van der Waals surface area contributed by atoms with E-state index < -0.39 is 36.0 Å². The number of aromatic hydroxyl groups is 6. The smallest absolute Gasteiger partial charge is 0.335 e. The van der Waals surface area contributed by atoms with Gasteiger partial charge in [-0.05, 0) is 109 Å². The number of nitrogen functional groups attached to an aromatic ring is 1. The van der Waals surface area contributed by atoms with Gasteiger partial charge >= 0.3 is 29.8 Å². The third-order valence-electron chi connectivity index (χ3n) is 8.88. The second-order valence-electron chi connectivity index (χ2n) is 15.3. The van der Waals surface area contributed by atoms with Crippen LogP contribution < -0.4 is 22.1 Å². The number of aliphatic hydroxyl groups is 2. The van der Waals surface area contributed by atoms with Gasteiger partial charge < -0.3 is 88.5 Å². The van der Waals surface area contributed by atoms with Crippen molar-refractivity contribution in [2.24, 2.45) is 15.7 Å². The lowest BCUT2D eigenvalue weighted by molar-refractivity contribution is 0.0685. The fourth-order valence-corrected chi connectivity index (χ4v) is 5.76. The summed E-state index contributed by atoms with van der Waals surface area (Å²) in [5.74, 6) is -6.05. The number of nitrogens with two attached hydrogens (primary N) is 2. The van der Waals surface area contributed by atoms with E-state index in [0.29, 0.717) is 36.8 Å². The van der Waals surface area contributed by atoms with Crippen molar-refractivity contribution in [2.45, 2.75) is 45.8 Å². The number of nitrogens with zero attached hydrogens (tertiary/aromatic N) is 2. The van der Waals surface area contributed by atoms with E-state index >= 15 is 0 Å². The van der Waals surface area contributed by atoms with Crippen molar-refractivity contribution in [3.63, 3.8) is 0 Å². The summed E-state index contributed by atoms with van der Waals surface area (Å²) >= 11 is 8.51. The van der Waals surface area contributed by atoms with Gasteiger partial charge in [0.1, 0.15) is 34.5 Å². The number of thioether (sulfide) groups is 1. The molecule has 0 saturated heterocycles. The first-order valence-electron chi connectivity index (χ1n) is 21.9. The van der Waals surface area contributed by atoms with Gasteiger partial charge in [-0.3, -0.25) is 4.99 Å². The van der Waals surface area contributed by atoms with Crippen molar-refractivity contribution in [1.29, 1.82) is 0 Å². The van der Waals surface area contributed by atoms with E-state index in [2.05, 4.69) is 43.2 Å². The summed E-state index contributed by atoms with van der Waals surface area (Å²) in [6, 6.07) is 19.1. The Kier molecular flexibility index (Phi) is 32.4. The maximum Gasteiger partial charge on any atom is 0.335 e. The molecule has 24 nitrogen and oxygen atoms in total. The highest BCUT2D eigenvalue weighted by Crippen LogP contribution is 2.24. The van der Waals surface area contributed by atoms with Gasteiger partial charge in [-0.15, -0.1) is 11.8 Å². The van der Waals surface area contributed by atoms with Gasteiger partial charge in [0.05, 0.1) is 57.3 Å². The molecular weight excluding hydrogens is 1160 g/mol. The van der Waals surface area contributed by atoms with E-state index in [1.54, 1.807) is 6.92 Å². The predicted octanol–water partition coefficient (Wildman–Crippen LogP) is 6.58. The molecule has 0 fully saturated rings. The van der Waals surface area contributed by atoms with E-state index in [1.165, 1.54) is 72.4 Å². The first-order valence-corrected chi connectivity index (χ1v) is 25.7. The van der Waals surface area contributed by atoms with Crippen molar-refractivity contribution in [2.75, 3.05) is 41.9 Å². The first kappa shape index (κ1) is 69.0. The second kappa shape index (κ2) is 36.1. The SMILES string of the molecule is CC(=S)Cc1cc(O)cc(C(=O)O)c1.CCC(O)CN.CI.CSC(C)=Nc1cc(O)cc(C(=O)O)c1.Nc1cc(O)cc(C(=O)O)c1.O=C(O)c1cc(O)cc(NC2=NCC(O)CN2)c1.O=C(O)c1cc(O)cc(O)c1. The van der Waals surface area contributed by atoms with Gasteiger partial charge in [0, 0.05) is 55.2 Å². The summed E-state index contributed by atoms with van der Waals surface area (Å²) in [6.45, 7) is 6.53. The second-order valence-corrected chi connectivity index (χ2v) is 17.0. The largest absolute Gasteiger partial charge is 0.508 e. The Morgan fingerprint density at radius 2 is 1.10 bits per heavy atom. The highest BCUT2D eigenvalue weighted by molar-refractivity contribution is 14.1. The van der Waals surface area contributed by atoms with Crippen molar-refractivity contribution in [3.8, 4) is 34.5 Å². The quantitative estimate of drug-likeness (QED) is 0.0166. The molecule has 0 aliphatic carbocycles. The molecule has 5 aromatic rings. The van der Waals surface area contributed by atoms with Gasteiger partial charge in [-0.1, -0.05) is 41.7 Å². The van der Waals surface area contributed by atoms with Crippen LogP contribution >= 0.6 is 46.6 Å². The lowest BCUT2D eigenvalue weighted by Crippen LogP contribution is -2.42. The van der Waals surface area contributed by atoms with Crippen molar-refractivity contribution in [1.82, 2.24) is 5.32 Å². The molecule has 418 valence electrons. The van der Waals surface area contributed by atoms with E-state index in [4.69, 9.17) is 69.6 Å². The Morgan fingerprint density at radius 3 is 1.51 bits per heavy atom. The van der Waals surface area contributed by atoms with Crippen LogP contribution in [0.25, 0.3) is 0 Å². The summed E-state index contributed by atoms with van der Waals surface area (Å²) in [6.07, 6.45) is 2.33. The van der Waals surface area contributed by atoms with Crippen LogP contribution in [-0.2, 0) is 6.42 Å². The number of aromatic carboxylic acids is 5. The zero-order chi connectivity index (χ0) is 59.1. The molecule has 5 aromatic carbocycles. The van der Waals surface area contributed by atoms with Gasteiger partial charge in [0.2, 0.25) is 0 Å². The molecule has 6 rings (SSSR count). The number of hydrogen-bond donors (Lipinski definition) is 17. The number of anilines is 2. The molecular formula is C50H61IN6O18S2. The number of phenols is 6. The lowest BCUT2D eigenvalue weighted by atomic mass is 10.1. The Hall–Kier alpha value is -7.96. The topological polar surface area (TPSA) is 449 Å². The van der Waals surface area contributed by atoms with Gasteiger partial charge in [-0.25, -0.2) is 29.0 Å². The number of carbonyl (C=O) groups is 5. The molecule has 1 heterocycles. The minimum atomic E-state index is -1.18. The average Bonchev–Trinajstić information content (AvgIpc) is 3.34. The minimum Gasteiger partial charge on any atom is -0.508 e. The van der Waals surface area contributed by atoms with Crippen molar-refractivity contribution >= 4 is 109 Å². The zero-order valence-corrected chi connectivity index (χ0v) is 45.7. The fourth-order valence-electron chi connectivity index (χ4n) is 5.40. The number of carboxylic acid groups (broad SMARTS) is 5. The standard InChI is InChI=1S/C11H13N3O4.C10H11NO3S.C10H10O3S.C7H7NO3.C7H6O4.C4H11NO.CH3I/c15-8-2-6(10(17)18)1-7(3-8)14-11-12-4-9(16)5-13-11;1-6(15-2)11-8-3-7(10(13)14)4-9(12)5-8;1-6(14)2-7-3-8(10(12)13)5-9(11)4-7;2*8-5-1-4(7(10)11)2-6(9)3-5;1-2-4(6)3-5;1-2/h1-3,9,15-16H,4-5H2,(H,17,18)(H2,12,13,14);3-5,12H,1-2H3,(H,13,14);3-5,11H,2H2,1H3,(H,12,13);1-3,9H,8H2,(H,10,11);1-3,8-9H,(H,10,11);4,6H,2-3,5H2,1H3;1H3. The van der Waals surface area contributed by atoms with Gasteiger partial charge in [0.25, 0.3) is 0 Å². The molecule has 2 atom stereocenters. The number of aliphatic hydroxyl groups excluding tert-OH is 2. The number of β-amino-alcohol motifs (C(OH)–C–C–N with tert-alkyl or cyclic N) is 1. The first-order chi connectivity index (χ1) is 36.0. The van der Waals surface area contributed by atoms with E-state index in [9.17, 15) is 44.4 Å². The number of guanidine groups is 1. The van der Waals surface area contributed by atoms with E-state index in [1.807, 2.05) is 25.0 Å². The molecule has 27 heteroatoms. The van der Waals surface area contributed by atoms with Crippen LogP contribution in [0, 0.1) is 0 Å². The predicted molar refractivity (Wildman–Crippen MR) is 305 cm³/mol. The summed E-state index contributed by atoms with van der Waals surface area (Å²) in [7, 11) is 0. The molecule has 2 unspecified atom stereocenters. The third kappa shape index (κ3) is 29.7. The normalized spacial score (nSPS) is 12.3. The minimum absolute atomic E-state index is 0.0116. The van der Waals surface area contributed by atoms with Crippen LogP contribution in [0.2, 0.25) is 0 Å². The molecule has 0 amide bonds. The molecule has 0 saturated carbocycles. The molecule has 1 aliphatic heterocycles. The number of carboxylic acids is 5. The highest BCUT2D eigenvalue weighted by Gasteiger charge is 2.14. The van der Waals surface area contributed by atoms with Crippen molar-refractivity contribution in [3.05, 3.63) is 124 Å². The van der Waals surface area contributed by atoms with Crippen molar-refractivity contribution < 1.29 is 90.4 Å². The Bertz CT molecular complexity index is 2750.